The zero-order valence-corrected chi connectivity index (χ0v) is 30.7. The van der Waals surface area contributed by atoms with Gasteiger partial charge in [0.15, 0.2) is 0 Å². The highest BCUT2D eigenvalue weighted by Crippen LogP contribution is 2.72. The number of hydrogen-bond acceptors (Lipinski definition) is 12. The minimum absolute atomic E-state index is 0.142. The molecule has 0 unspecified atom stereocenters. The lowest BCUT2D eigenvalue weighted by Gasteiger charge is -2.66. The van der Waals surface area contributed by atoms with Crippen molar-refractivity contribution >= 4 is 29.8 Å². The molecule has 12 nitrogen and oxygen atoms in total. The first-order valence-corrected chi connectivity index (χ1v) is 17.2. The van der Waals surface area contributed by atoms with Crippen molar-refractivity contribution in [2.24, 2.45) is 28.1 Å². The highest BCUT2D eigenvalue weighted by Gasteiger charge is 2.77. The van der Waals surface area contributed by atoms with Gasteiger partial charge in [-0.3, -0.25) is 19.2 Å². The van der Waals surface area contributed by atoms with Gasteiger partial charge in [0.05, 0.1) is 32.3 Å². The van der Waals surface area contributed by atoms with E-state index in [0.717, 1.165) is 11.1 Å². The predicted octanol–water partition coefficient (Wildman–Crippen LogP) is 5.39. The molecule has 274 valence electrons. The van der Waals surface area contributed by atoms with E-state index >= 15 is 0 Å². The molecule has 2 saturated carbocycles. The molecule has 3 fully saturated rings. The first-order chi connectivity index (χ1) is 23.4. The van der Waals surface area contributed by atoms with E-state index in [1.807, 2.05) is 33.8 Å². The fourth-order valence-electron chi connectivity index (χ4n) is 10.2. The second-order valence-electron chi connectivity index (χ2n) is 15.0. The van der Waals surface area contributed by atoms with E-state index in [1.54, 1.807) is 32.4 Å². The van der Waals surface area contributed by atoms with Crippen LogP contribution in [0.3, 0.4) is 0 Å². The molecule has 3 aliphatic carbocycles. The van der Waals surface area contributed by atoms with Gasteiger partial charge >= 0.3 is 29.8 Å². The zero-order valence-electron chi connectivity index (χ0n) is 30.7. The highest BCUT2D eigenvalue weighted by molar-refractivity contribution is 5.88. The fourth-order valence-corrected chi connectivity index (χ4v) is 10.2. The summed E-state index contributed by atoms with van der Waals surface area (Å²) in [5, 5.41) is 0. The van der Waals surface area contributed by atoms with E-state index in [1.165, 1.54) is 27.9 Å². The van der Waals surface area contributed by atoms with Gasteiger partial charge in [-0.25, -0.2) is 4.79 Å². The van der Waals surface area contributed by atoms with Gasteiger partial charge in [-0.1, -0.05) is 32.4 Å². The van der Waals surface area contributed by atoms with Crippen LogP contribution in [0.15, 0.2) is 45.8 Å². The van der Waals surface area contributed by atoms with Crippen LogP contribution in [0.1, 0.15) is 93.1 Å². The van der Waals surface area contributed by atoms with E-state index in [9.17, 15) is 24.0 Å². The van der Waals surface area contributed by atoms with Crippen molar-refractivity contribution in [3.05, 3.63) is 47.0 Å². The Bertz CT molecular complexity index is 1590. The molecule has 11 atom stereocenters. The molecule has 0 N–H and O–H groups in total. The van der Waals surface area contributed by atoms with Crippen LogP contribution in [0, 0.1) is 28.1 Å². The highest BCUT2D eigenvalue weighted by atomic mass is 16.6. The van der Waals surface area contributed by atoms with Gasteiger partial charge in [-0.15, -0.1) is 0 Å². The topological polar surface area (TPSA) is 154 Å². The summed E-state index contributed by atoms with van der Waals surface area (Å²) < 4.78 is 42.2. The number of carbonyl (C=O) groups is 5. The lowest BCUT2D eigenvalue weighted by molar-refractivity contribution is -0.260. The Labute approximate surface area is 293 Å². The SMILES string of the molecule is C/C=C(/C)C(=O)O[C@@H]1[C@@H]2OC[C@@]3(C)[C@@H]2[C@](C)([C@@H](OC(C)=O)C[C@H]3OC(C)=O)[C@@H](CC(=O)OC)[C@]1(C)C1=C(C)[C@H](c2ccoc2)C[C@@H]1OC(C)=O. The molecule has 0 radical (unpaired) electrons. The molecule has 1 aromatic heterocycles. The maximum atomic E-state index is 13.8. The average Bonchev–Trinajstić information content (AvgIpc) is 3.77. The van der Waals surface area contributed by atoms with Crippen molar-refractivity contribution in [1.82, 2.24) is 0 Å². The lowest BCUT2D eigenvalue weighted by atomic mass is 9.39. The van der Waals surface area contributed by atoms with Gasteiger partial charge in [0, 0.05) is 67.3 Å². The molecule has 0 amide bonds. The summed E-state index contributed by atoms with van der Waals surface area (Å²) in [4.78, 5) is 65.5. The maximum absolute atomic E-state index is 13.8. The Hall–Kier alpha value is -3.93. The maximum Gasteiger partial charge on any atom is 0.333 e. The van der Waals surface area contributed by atoms with Crippen molar-refractivity contribution in [3.63, 3.8) is 0 Å². The molecule has 2 heterocycles. The van der Waals surface area contributed by atoms with Gasteiger partial charge in [0.1, 0.15) is 24.4 Å². The van der Waals surface area contributed by atoms with E-state index < -0.39 is 88.4 Å². The van der Waals surface area contributed by atoms with Crippen molar-refractivity contribution in [2.45, 2.75) is 118 Å². The Morgan fingerprint density at radius 1 is 0.920 bits per heavy atom. The second-order valence-corrected chi connectivity index (χ2v) is 15.0. The molecular formula is C38H50O12. The van der Waals surface area contributed by atoms with Crippen LogP contribution in [0.25, 0.3) is 0 Å². The third-order valence-electron chi connectivity index (χ3n) is 12.3. The standard InChI is InChI=1S/C38H50O12/c1-11-19(2)35(43)50-34-32-33-36(7,18-46-32)28(48-22(5)40)16-29(49-23(6)41)37(33,8)27(15-30(42)44-10)38(34,9)31-20(3)25(24-12-13-45-17-24)14-26(31)47-21(4)39/h11-13,17,25-29,32-34H,14-16,18H2,1-10H3/b19-11-/t25-,26+,27-,28-,29+,32-,33-,34-,36-,37+,38-/m1/s1. The molecule has 1 aromatic rings. The number of allylic oxidation sites excluding steroid dienone is 2. The second kappa shape index (κ2) is 13.7. The summed E-state index contributed by atoms with van der Waals surface area (Å²) in [7, 11) is 1.31. The fraction of sp³-hybridized carbons (Fsp3) is 0.658. The lowest BCUT2D eigenvalue weighted by Crippen LogP contribution is -2.72. The average molecular weight is 699 g/mol. The number of carbonyl (C=O) groups excluding carboxylic acids is 5. The van der Waals surface area contributed by atoms with Gasteiger partial charge in [-0.2, -0.15) is 0 Å². The van der Waals surface area contributed by atoms with Gasteiger partial charge in [0.2, 0.25) is 0 Å². The molecular weight excluding hydrogens is 648 g/mol. The normalized spacial score (nSPS) is 37.8. The Balaban J connectivity index is 1.85. The largest absolute Gasteiger partial charge is 0.472 e. The minimum Gasteiger partial charge on any atom is -0.472 e. The monoisotopic (exact) mass is 698 g/mol. The van der Waals surface area contributed by atoms with E-state index in [-0.39, 0.29) is 25.4 Å². The summed E-state index contributed by atoms with van der Waals surface area (Å²) in [6.07, 6.45) is 1.11. The molecule has 4 aliphatic rings. The van der Waals surface area contributed by atoms with Crippen molar-refractivity contribution in [3.8, 4) is 0 Å². The van der Waals surface area contributed by atoms with Gasteiger partial charge < -0.3 is 32.8 Å². The van der Waals surface area contributed by atoms with Crippen molar-refractivity contribution in [1.29, 1.82) is 0 Å². The number of rotatable bonds is 9. The Morgan fingerprint density at radius 2 is 1.56 bits per heavy atom. The Morgan fingerprint density at radius 3 is 2.12 bits per heavy atom. The van der Waals surface area contributed by atoms with Crippen LogP contribution >= 0.6 is 0 Å². The molecule has 50 heavy (non-hydrogen) atoms. The van der Waals surface area contributed by atoms with Crippen LogP contribution in [0.5, 0.6) is 0 Å². The van der Waals surface area contributed by atoms with Crippen molar-refractivity contribution in [2.75, 3.05) is 13.7 Å². The number of furan rings is 1. The summed E-state index contributed by atoms with van der Waals surface area (Å²) in [6.45, 7) is 15.4. The van der Waals surface area contributed by atoms with Gasteiger partial charge in [-0.05, 0) is 50.3 Å². The van der Waals surface area contributed by atoms with Gasteiger partial charge in [0.25, 0.3) is 0 Å². The van der Waals surface area contributed by atoms with E-state index in [0.29, 0.717) is 17.6 Å². The first kappa shape index (κ1) is 37.3. The molecule has 1 saturated heterocycles. The Kier molecular flexibility index (Phi) is 10.2. The summed E-state index contributed by atoms with van der Waals surface area (Å²) in [5.74, 6) is -4.12. The number of esters is 5. The number of hydrogen-bond donors (Lipinski definition) is 0. The number of ether oxygens (including phenoxy) is 6. The number of methoxy groups -OCH3 is 1. The predicted molar refractivity (Wildman–Crippen MR) is 177 cm³/mol. The van der Waals surface area contributed by atoms with Crippen LogP contribution in [0.4, 0.5) is 0 Å². The van der Waals surface area contributed by atoms with Crippen molar-refractivity contribution < 1.29 is 56.8 Å². The first-order valence-electron chi connectivity index (χ1n) is 17.2. The van der Waals surface area contributed by atoms with Crippen LogP contribution < -0.4 is 0 Å². The van der Waals surface area contributed by atoms with E-state index in [2.05, 4.69) is 0 Å². The molecule has 12 heteroatoms. The van der Waals surface area contributed by atoms with Crippen LogP contribution in [-0.2, 0) is 52.4 Å². The van der Waals surface area contributed by atoms with Crippen LogP contribution in [0.2, 0.25) is 0 Å². The smallest absolute Gasteiger partial charge is 0.333 e. The quantitative estimate of drug-likeness (QED) is 0.141. The van der Waals surface area contributed by atoms with Crippen LogP contribution in [-0.4, -0.2) is 74.1 Å². The molecule has 0 bridgehead atoms. The summed E-state index contributed by atoms with van der Waals surface area (Å²) in [6, 6.07) is 1.86. The molecule has 0 aromatic carbocycles. The zero-order chi connectivity index (χ0) is 36.9. The summed E-state index contributed by atoms with van der Waals surface area (Å²) >= 11 is 0. The summed E-state index contributed by atoms with van der Waals surface area (Å²) in [5.41, 5.74) is -0.300. The third-order valence-corrected chi connectivity index (χ3v) is 12.3. The minimum atomic E-state index is -1.26. The molecule has 5 rings (SSSR count). The third kappa shape index (κ3) is 5.96. The van der Waals surface area contributed by atoms with E-state index in [4.69, 9.17) is 32.8 Å². The molecule has 0 spiro atoms. The molecule has 1 aliphatic heterocycles.